The number of nitrogens with zero attached hydrogens (tertiary/aromatic N) is 2. The van der Waals surface area contributed by atoms with E-state index in [1.165, 1.54) is 0 Å². The van der Waals surface area contributed by atoms with Crippen LogP contribution in [-0.2, 0) is 6.61 Å². The van der Waals surface area contributed by atoms with Crippen LogP contribution in [0, 0.1) is 0 Å². The number of anilines is 1. The number of likely N-dealkylation sites (N-methyl/N-ethyl adjacent to an activating group) is 1. The number of hydrogen-bond acceptors (Lipinski definition) is 4. The molecule has 2 unspecified atom stereocenters. The molecule has 106 valence electrons. The summed E-state index contributed by atoms with van der Waals surface area (Å²) >= 11 is 5.96. The molecule has 2 N–H and O–H groups in total. The summed E-state index contributed by atoms with van der Waals surface area (Å²) in [6.07, 6.45) is 0.443. The molecule has 4 nitrogen and oxygen atoms in total. The number of rotatable bonds is 4. The molecule has 1 aromatic carbocycles. The minimum Gasteiger partial charge on any atom is -0.392 e. The van der Waals surface area contributed by atoms with Crippen LogP contribution in [0.1, 0.15) is 12.0 Å². The highest BCUT2D eigenvalue weighted by Crippen LogP contribution is 2.31. The minimum atomic E-state index is -0.313. The lowest BCUT2D eigenvalue weighted by Crippen LogP contribution is -2.38. The largest absolute Gasteiger partial charge is 0.392 e. The van der Waals surface area contributed by atoms with E-state index in [4.69, 9.17) is 11.6 Å². The molecule has 1 aliphatic heterocycles. The van der Waals surface area contributed by atoms with Crippen molar-refractivity contribution in [3.8, 4) is 0 Å². The molecule has 1 aromatic rings. The molecule has 1 fully saturated rings. The first-order valence-electron chi connectivity index (χ1n) is 6.50. The number of aliphatic hydroxyl groups is 2. The van der Waals surface area contributed by atoms with Crippen molar-refractivity contribution in [1.82, 2.24) is 4.90 Å². The van der Waals surface area contributed by atoms with Crippen molar-refractivity contribution in [3.63, 3.8) is 0 Å². The molecule has 2 rings (SSSR count). The molecular formula is C14H21ClN2O2. The molecule has 0 aromatic heterocycles. The van der Waals surface area contributed by atoms with E-state index >= 15 is 0 Å². The summed E-state index contributed by atoms with van der Waals surface area (Å²) in [4.78, 5) is 4.29. The van der Waals surface area contributed by atoms with Gasteiger partial charge in [0.1, 0.15) is 0 Å². The first-order valence-corrected chi connectivity index (χ1v) is 6.87. The van der Waals surface area contributed by atoms with E-state index in [2.05, 4.69) is 9.80 Å². The van der Waals surface area contributed by atoms with Crippen molar-refractivity contribution in [1.29, 1.82) is 0 Å². The van der Waals surface area contributed by atoms with Gasteiger partial charge < -0.3 is 20.0 Å². The Hall–Kier alpha value is -0.810. The van der Waals surface area contributed by atoms with Gasteiger partial charge in [0.15, 0.2) is 0 Å². The maximum atomic E-state index is 9.91. The fourth-order valence-electron chi connectivity index (χ4n) is 2.74. The van der Waals surface area contributed by atoms with Crippen LogP contribution in [0.3, 0.4) is 0 Å². The zero-order valence-corrected chi connectivity index (χ0v) is 12.1. The third-order valence-corrected chi connectivity index (χ3v) is 3.72. The zero-order valence-electron chi connectivity index (χ0n) is 11.4. The Kier molecular flexibility index (Phi) is 4.68. The van der Waals surface area contributed by atoms with Gasteiger partial charge in [-0.05, 0) is 38.7 Å². The van der Waals surface area contributed by atoms with Gasteiger partial charge in [0.2, 0.25) is 0 Å². The van der Waals surface area contributed by atoms with Crippen molar-refractivity contribution < 1.29 is 10.2 Å². The van der Waals surface area contributed by atoms with Gasteiger partial charge in [-0.1, -0.05) is 11.6 Å². The van der Waals surface area contributed by atoms with E-state index in [1.54, 1.807) is 6.07 Å². The molecule has 1 heterocycles. The molecule has 1 aliphatic rings. The van der Waals surface area contributed by atoms with Crippen LogP contribution >= 0.6 is 11.6 Å². The Morgan fingerprint density at radius 1 is 1.42 bits per heavy atom. The van der Waals surface area contributed by atoms with Crippen molar-refractivity contribution in [2.75, 3.05) is 32.1 Å². The van der Waals surface area contributed by atoms with Crippen molar-refractivity contribution >= 4 is 17.3 Å². The second kappa shape index (κ2) is 6.09. The van der Waals surface area contributed by atoms with Gasteiger partial charge in [-0.15, -0.1) is 0 Å². The molecule has 0 bridgehead atoms. The fourth-order valence-corrected chi connectivity index (χ4v) is 2.94. The lowest BCUT2D eigenvalue weighted by atomic mass is 10.1. The average Bonchev–Trinajstić information content (AvgIpc) is 2.69. The molecule has 0 saturated carbocycles. The van der Waals surface area contributed by atoms with Crippen LogP contribution in [0.4, 0.5) is 5.69 Å². The summed E-state index contributed by atoms with van der Waals surface area (Å²) < 4.78 is 0. The van der Waals surface area contributed by atoms with Gasteiger partial charge in [0, 0.05) is 35.4 Å². The number of benzene rings is 1. The summed E-state index contributed by atoms with van der Waals surface area (Å²) in [5.41, 5.74) is 1.78. The molecule has 19 heavy (non-hydrogen) atoms. The normalized spacial score (nSPS) is 23.4. The third-order valence-electron chi connectivity index (χ3n) is 3.49. The van der Waals surface area contributed by atoms with Crippen LogP contribution in [-0.4, -0.2) is 54.4 Å². The van der Waals surface area contributed by atoms with Gasteiger partial charge in [-0.25, -0.2) is 0 Å². The number of hydrogen-bond donors (Lipinski definition) is 2. The summed E-state index contributed by atoms with van der Waals surface area (Å²) in [7, 11) is 4.05. The smallest absolute Gasteiger partial charge is 0.0735 e. The predicted molar refractivity (Wildman–Crippen MR) is 77.7 cm³/mol. The highest BCUT2D eigenvalue weighted by atomic mass is 35.5. The lowest BCUT2D eigenvalue weighted by Gasteiger charge is -2.30. The highest BCUT2D eigenvalue weighted by Gasteiger charge is 2.32. The lowest BCUT2D eigenvalue weighted by molar-refractivity contribution is 0.191. The molecule has 1 saturated heterocycles. The Morgan fingerprint density at radius 2 is 2.16 bits per heavy atom. The second-order valence-electron chi connectivity index (χ2n) is 5.39. The zero-order chi connectivity index (χ0) is 14.0. The van der Waals surface area contributed by atoms with E-state index < -0.39 is 0 Å². The SMILES string of the molecule is CN(C)CC1CC(O)CN1c1ccc(Cl)cc1CO. The molecule has 5 heteroatoms. The van der Waals surface area contributed by atoms with Crippen LogP contribution in [0.15, 0.2) is 18.2 Å². The summed E-state index contributed by atoms with van der Waals surface area (Å²) in [5, 5.41) is 20.0. The van der Waals surface area contributed by atoms with Crippen LogP contribution < -0.4 is 4.90 Å². The number of aliphatic hydroxyl groups excluding tert-OH is 2. The standard InChI is InChI=1S/C14H21ClN2O2/c1-16(2)7-12-6-13(19)8-17(12)14-4-3-11(15)5-10(14)9-18/h3-5,12-13,18-19H,6-9H2,1-2H3. The topological polar surface area (TPSA) is 46.9 Å². The summed E-state index contributed by atoms with van der Waals surface area (Å²) in [6.45, 7) is 1.44. The monoisotopic (exact) mass is 284 g/mol. The molecule has 0 aliphatic carbocycles. The van der Waals surface area contributed by atoms with Gasteiger partial charge in [0.05, 0.1) is 12.7 Å². The quantitative estimate of drug-likeness (QED) is 0.876. The van der Waals surface area contributed by atoms with E-state index in [0.717, 1.165) is 24.2 Å². The predicted octanol–water partition coefficient (Wildman–Crippen LogP) is 1.33. The third kappa shape index (κ3) is 3.39. The average molecular weight is 285 g/mol. The van der Waals surface area contributed by atoms with E-state index in [1.807, 2.05) is 26.2 Å². The molecular weight excluding hydrogens is 264 g/mol. The van der Waals surface area contributed by atoms with E-state index in [9.17, 15) is 10.2 Å². The maximum Gasteiger partial charge on any atom is 0.0735 e. The van der Waals surface area contributed by atoms with Crippen LogP contribution in [0.5, 0.6) is 0 Å². The van der Waals surface area contributed by atoms with Crippen LogP contribution in [0.25, 0.3) is 0 Å². The van der Waals surface area contributed by atoms with Gasteiger partial charge >= 0.3 is 0 Å². The van der Waals surface area contributed by atoms with Gasteiger partial charge in [-0.3, -0.25) is 0 Å². The van der Waals surface area contributed by atoms with Gasteiger partial charge in [0.25, 0.3) is 0 Å². The highest BCUT2D eigenvalue weighted by molar-refractivity contribution is 6.30. The van der Waals surface area contributed by atoms with Crippen LogP contribution in [0.2, 0.25) is 5.02 Å². The first-order chi connectivity index (χ1) is 9.01. The Bertz CT molecular complexity index is 439. The Balaban J connectivity index is 2.28. The Morgan fingerprint density at radius 3 is 2.79 bits per heavy atom. The number of halogens is 1. The minimum absolute atomic E-state index is 0.0445. The van der Waals surface area contributed by atoms with E-state index in [-0.39, 0.29) is 18.8 Å². The van der Waals surface area contributed by atoms with Crippen molar-refractivity contribution in [3.05, 3.63) is 28.8 Å². The summed E-state index contributed by atoms with van der Waals surface area (Å²) in [6, 6.07) is 5.80. The van der Waals surface area contributed by atoms with Gasteiger partial charge in [-0.2, -0.15) is 0 Å². The van der Waals surface area contributed by atoms with Crippen molar-refractivity contribution in [2.24, 2.45) is 0 Å². The second-order valence-corrected chi connectivity index (χ2v) is 5.83. The molecule has 0 spiro atoms. The molecule has 2 atom stereocenters. The number of β-amino-alcohol motifs (C(OH)–C–C–N with tert-alkyl or cyclic N) is 1. The first kappa shape index (κ1) is 14.6. The van der Waals surface area contributed by atoms with E-state index in [0.29, 0.717) is 11.6 Å². The Labute approximate surface area is 119 Å². The molecule has 0 radical (unpaired) electrons. The summed E-state index contributed by atoms with van der Waals surface area (Å²) in [5.74, 6) is 0. The molecule has 0 amide bonds. The van der Waals surface area contributed by atoms with Crippen molar-refractivity contribution in [2.45, 2.75) is 25.2 Å². The fraction of sp³-hybridized carbons (Fsp3) is 0.571. The maximum absolute atomic E-state index is 9.91.